The number of hydrogen-bond acceptors (Lipinski definition) is 6. The lowest BCUT2D eigenvalue weighted by Crippen LogP contribution is -2.28. The lowest BCUT2D eigenvalue weighted by Gasteiger charge is -2.16. The van der Waals surface area contributed by atoms with Crippen molar-refractivity contribution in [3.63, 3.8) is 0 Å². The number of furan rings is 1. The van der Waals surface area contributed by atoms with Crippen molar-refractivity contribution in [2.24, 2.45) is 5.92 Å². The Balaban J connectivity index is 1.43. The van der Waals surface area contributed by atoms with Gasteiger partial charge in [-0.15, -0.1) is 10.2 Å². The van der Waals surface area contributed by atoms with Crippen molar-refractivity contribution in [2.75, 3.05) is 16.8 Å². The first kappa shape index (κ1) is 16.9. The highest BCUT2D eigenvalue weighted by molar-refractivity contribution is 9.10. The van der Waals surface area contributed by atoms with Crippen LogP contribution in [0.2, 0.25) is 0 Å². The quantitative estimate of drug-likeness (QED) is 0.680. The molecule has 1 N–H and O–H groups in total. The summed E-state index contributed by atoms with van der Waals surface area (Å²) in [6.45, 7) is 0.343. The second-order valence-corrected chi connectivity index (χ2v) is 7.65. The highest BCUT2D eigenvalue weighted by atomic mass is 79.9. The molecule has 1 aliphatic heterocycles. The largest absolute Gasteiger partial charge is 0.462 e. The molecular weight excluding hydrogens is 420 g/mol. The fourth-order valence-corrected chi connectivity index (χ4v) is 3.71. The van der Waals surface area contributed by atoms with Gasteiger partial charge in [0.05, 0.1) is 12.2 Å². The van der Waals surface area contributed by atoms with E-state index in [1.807, 2.05) is 24.3 Å². The summed E-state index contributed by atoms with van der Waals surface area (Å²) < 4.78 is 6.20. The molecule has 0 radical (unpaired) electrons. The summed E-state index contributed by atoms with van der Waals surface area (Å²) in [6.07, 6.45) is 1.72. The van der Waals surface area contributed by atoms with Crippen LogP contribution in [-0.2, 0) is 9.59 Å². The minimum atomic E-state index is -0.429. The summed E-state index contributed by atoms with van der Waals surface area (Å²) in [5.74, 6) is -0.135. The molecule has 1 fully saturated rings. The number of nitrogens with zero attached hydrogens (tertiary/aromatic N) is 3. The van der Waals surface area contributed by atoms with E-state index in [9.17, 15) is 9.59 Å². The van der Waals surface area contributed by atoms with Crippen molar-refractivity contribution in [3.8, 4) is 10.8 Å². The highest BCUT2D eigenvalue weighted by Gasteiger charge is 2.35. The number of anilines is 2. The van der Waals surface area contributed by atoms with E-state index in [1.165, 1.54) is 11.3 Å². The van der Waals surface area contributed by atoms with Gasteiger partial charge in [0.25, 0.3) is 0 Å². The zero-order valence-electron chi connectivity index (χ0n) is 13.4. The van der Waals surface area contributed by atoms with Gasteiger partial charge >= 0.3 is 0 Å². The first-order chi connectivity index (χ1) is 12.6. The number of carbonyl (C=O) groups is 2. The average molecular weight is 433 g/mol. The molecule has 0 spiro atoms. The standard InChI is InChI=1S/C17H13BrN4O3S/c18-11-3-5-12(6-4-11)22-9-10(8-14(22)23)15(24)19-17-21-20-16(26-17)13-2-1-7-25-13/h1-7,10H,8-9H2,(H,19,21,24)/t10-/m1/s1. The summed E-state index contributed by atoms with van der Waals surface area (Å²) in [5, 5.41) is 11.7. The Kier molecular flexibility index (Phi) is 4.56. The molecule has 0 unspecified atom stereocenters. The fourth-order valence-electron chi connectivity index (χ4n) is 2.73. The lowest BCUT2D eigenvalue weighted by atomic mass is 10.1. The molecule has 7 nitrogen and oxygen atoms in total. The van der Waals surface area contributed by atoms with Crippen LogP contribution in [0, 0.1) is 5.92 Å². The van der Waals surface area contributed by atoms with E-state index in [0.29, 0.717) is 22.4 Å². The normalized spacial score (nSPS) is 16.9. The first-order valence-corrected chi connectivity index (χ1v) is 9.45. The second-order valence-electron chi connectivity index (χ2n) is 5.76. The van der Waals surface area contributed by atoms with E-state index in [2.05, 4.69) is 31.4 Å². The Bertz CT molecular complexity index is 939. The van der Waals surface area contributed by atoms with Crippen LogP contribution in [0.5, 0.6) is 0 Å². The zero-order chi connectivity index (χ0) is 18.1. The molecule has 1 aromatic carbocycles. The number of hydrogen-bond donors (Lipinski definition) is 1. The van der Waals surface area contributed by atoms with Crippen molar-refractivity contribution in [1.82, 2.24) is 10.2 Å². The monoisotopic (exact) mass is 432 g/mol. The predicted octanol–water partition coefficient (Wildman–Crippen LogP) is 3.55. The molecule has 26 heavy (non-hydrogen) atoms. The molecule has 9 heteroatoms. The maximum atomic E-state index is 12.5. The van der Waals surface area contributed by atoms with Gasteiger partial charge < -0.3 is 14.6 Å². The minimum absolute atomic E-state index is 0.0685. The van der Waals surface area contributed by atoms with Crippen LogP contribution in [0.3, 0.4) is 0 Å². The minimum Gasteiger partial charge on any atom is -0.462 e. The molecule has 1 aliphatic rings. The smallest absolute Gasteiger partial charge is 0.231 e. The second kappa shape index (κ2) is 7.00. The summed E-state index contributed by atoms with van der Waals surface area (Å²) >= 11 is 4.60. The lowest BCUT2D eigenvalue weighted by molar-refractivity contribution is -0.122. The fraction of sp³-hybridized carbons (Fsp3) is 0.176. The Morgan fingerprint density at radius 2 is 2.08 bits per heavy atom. The van der Waals surface area contributed by atoms with Gasteiger partial charge in [-0.05, 0) is 36.4 Å². The number of aromatic nitrogens is 2. The molecule has 132 valence electrons. The molecule has 2 aromatic heterocycles. The first-order valence-electron chi connectivity index (χ1n) is 7.84. The number of rotatable bonds is 4. The van der Waals surface area contributed by atoms with Crippen molar-refractivity contribution >= 4 is 49.9 Å². The summed E-state index contributed by atoms with van der Waals surface area (Å²) in [7, 11) is 0. The third kappa shape index (κ3) is 3.40. The number of nitrogens with one attached hydrogen (secondary N) is 1. The van der Waals surface area contributed by atoms with Gasteiger partial charge in [-0.2, -0.15) is 0 Å². The Morgan fingerprint density at radius 3 is 2.81 bits per heavy atom. The molecule has 3 heterocycles. The molecule has 0 bridgehead atoms. The van der Waals surface area contributed by atoms with Crippen LogP contribution in [0.25, 0.3) is 10.8 Å². The van der Waals surface area contributed by atoms with Crippen LogP contribution in [0.4, 0.5) is 10.8 Å². The molecule has 1 saturated heterocycles. The Morgan fingerprint density at radius 1 is 1.27 bits per heavy atom. The number of carbonyl (C=O) groups excluding carboxylic acids is 2. The maximum absolute atomic E-state index is 12.5. The Labute approximate surface area is 161 Å². The summed E-state index contributed by atoms with van der Waals surface area (Å²) in [6, 6.07) is 11.0. The van der Waals surface area contributed by atoms with Crippen LogP contribution in [0.1, 0.15) is 6.42 Å². The maximum Gasteiger partial charge on any atom is 0.231 e. The molecule has 0 aliphatic carbocycles. The van der Waals surface area contributed by atoms with Gasteiger partial charge in [-0.1, -0.05) is 27.3 Å². The van der Waals surface area contributed by atoms with Crippen LogP contribution >= 0.6 is 27.3 Å². The number of benzene rings is 1. The molecular formula is C17H13BrN4O3S. The third-order valence-electron chi connectivity index (χ3n) is 4.02. The topological polar surface area (TPSA) is 88.3 Å². The van der Waals surface area contributed by atoms with Gasteiger partial charge in [0.15, 0.2) is 10.8 Å². The van der Waals surface area contributed by atoms with Crippen molar-refractivity contribution < 1.29 is 14.0 Å². The van der Waals surface area contributed by atoms with Crippen LogP contribution in [0.15, 0.2) is 51.6 Å². The third-order valence-corrected chi connectivity index (χ3v) is 5.40. The summed E-state index contributed by atoms with van der Waals surface area (Å²) in [4.78, 5) is 26.4. The van der Waals surface area contributed by atoms with E-state index in [-0.39, 0.29) is 18.2 Å². The van der Waals surface area contributed by atoms with Crippen molar-refractivity contribution in [3.05, 3.63) is 47.1 Å². The van der Waals surface area contributed by atoms with Crippen LogP contribution < -0.4 is 10.2 Å². The molecule has 3 aromatic rings. The highest BCUT2D eigenvalue weighted by Crippen LogP contribution is 2.29. The summed E-state index contributed by atoms with van der Waals surface area (Å²) in [5.41, 5.74) is 0.782. The van der Waals surface area contributed by atoms with Gasteiger partial charge in [0.2, 0.25) is 16.9 Å². The van der Waals surface area contributed by atoms with E-state index in [4.69, 9.17) is 4.42 Å². The number of halogens is 1. The van der Waals surface area contributed by atoms with E-state index in [0.717, 1.165) is 10.2 Å². The van der Waals surface area contributed by atoms with E-state index in [1.54, 1.807) is 23.3 Å². The molecule has 2 amide bonds. The molecule has 1 atom stereocenters. The van der Waals surface area contributed by atoms with E-state index < -0.39 is 5.92 Å². The van der Waals surface area contributed by atoms with E-state index >= 15 is 0 Å². The Hall–Kier alpha value is -2.52. The SMILES string of the molecule is O=C(Nc1nnc(-c2ccco2)s1)[C@@H]1CC(=O)N(c2ccc(Br)cc2)C1. The molecule has 4 rings (SSSR count). The van der Waals surface area contributed by atoms with Gasteiger partial charge in [-0.3, -0.25) is 9.59 Å². The number of amides is 2. The molecule has 0 saturated carbocycles. The van der Waals surface area contributed by atoms with Crippen LogP contribution in [-0.4, -0.2) is 28.6 Å². The zero-order valence-corrected chi connectivity index (χ0v) is 15.8. The van der Waals surface area contributed by atoms with Crippen molar-refractivity contribution in [1.29, 1.82) is 0 Å². The van der Waals surface area contributed by atoms with Gasteiger partial charge in [0.1, 0.15) is 0 Å². The predicted molar refractivity (Wildman–Crippen MR) is 101 cm³/mol. The van der Waals surface area contributed by atoms with Crippen molar-refractivity contribution in [2.45, 2.75) is 6.42 Å². The average Bonchev–Trinajstić information content (AvgIpc) is 3.36. The van der Waals surface area contributed by atoms with Gasteiger partial charge in [0, 0.05) is 23.1 Å². The van der Waals surface area contributed by atoms with Gasteiger partial charge in [-0.25, -0.2) is 0 Å².